The molecule has 0 spiro atoms. The van der Waals surface area contributed by atoms with Gasteiger partial charge in [-0.2, -0.15) is 13.2 Å². The average molecular weight is 442 g/mol. The van der Waals surface area contributed by atoms with Crippen molar-refractivity contribution in [1.82, 2.24) is 10.2 Å². The number of rotatable bonds is 5. The van der Waals surface area contributed by atoms with Crippen LogP contribution >= 0.6 is 24.8 Å². The first-order chi connectivity index (χ1) is 12.3. The highest BCUT2D eigenvalue weighted by Gasteiger charge is 2.31. The summed E-state index contributed by atoms with van der Waals surface area (Å²) in [6.07, 6.45) is 0.189. The summed E-state index contributed by atoms with van der Waals surface area (Å²) in [4.78, 5) is 14.4. The lowest BCUT2D eigenvalue weighted by atomic mass is 9.99. The highest BCUT2D eigenvalue weighted by atomic mass is 35.5. The Morgan fingerprint density at radius 1 is 1.14 bits per heavy atom. The Hall–Kier alpha value is -1.02. The van der Waals surface area contributed by atoms with Gasteiger partial charge in [0.1, 0.15) is 0 Å². The number of alkyl halides is 3. The molecule has 1 unspecified atom stereocenters. The lowest BCUT2D eigenvalue weighted by molar-refractivity contribution is -0.137. The van der Waals surface area contributed by atoms with Crippen LogP contribution in [0.2, 0.25) is 0 Å². The topological polar surface area (TPSA) is 58.4 Å². The summed E-state index contributed by atoms with van der Waals surface area (Å²) in [5.74, 6) is 0.355. The summed E-state index contributed by atoms with van der Waals surface area (Å²) in [6, 6.07) is 5.53. The Kier molecular flexibility index (Phi) is 9.53. The van der Waals surface area contributed by atoms with Crippen molar-refractivity contribution < 1.29 is 18.0 Å². The highest BCUT2D eigenvalue weighted by molar-refractivity contribution is 5.85. The van der Waals surface area contributed by atoms with Crippen LogP contribution in [0.5, 0.6) is 0 Å². The molecule has 0 aromatic heterocycles. The monoisotopic (exact) mass is 441 g/mol. The van der Waals surface area contributed by atoms with Crippen LogP contribution in [0.3, 0.4) is 0 Å². The van der Waals surface area contributed by atoms with Gasteiger partial charge in [-0.25, -0.2) is 0 Å². The highest BCUT2D eigenvalue weighted by Crippen LogP contribution is 2.29. The largest absolute Gasteiger partial charge is 0.416 e. The molecule has 2 fully saturated rings. The van der Waals surface area contributed by atoms with Gasteiger partial charge < -0.3 is 11.1 Å². The summed E-state index contributed by atoms with van der Waals surface area (Å²) in [5.41, 5.74) is 6.24. The molecule has 160 valence electrons. The molecule has 1 saturated heterocycles. The SMILES string of the molecule is Cl.Cl.N[C@@H]1CCC[C@H]1CC(=O)NC1CCN(Cc2ccc(C(F)(F)F)cc2)C1. The second-order valence-electron chi connectivity index (χ2n) is 7.54. The maximum Gasteiger partial charge on any atom is 0.416 e. The maximum absolute atomic E-state index is 12.6. The first-order valence-corrected chi connectivity index (χ1v) is 9.24. The van der Waals surface area contributed by atoms with Crippen molar-refractivity contribution in [3.8, 4) is 0 Å². The molecule has 28 heavy (non-hydrogen) atoms. The third-order valence-corrected chi connectivity index (χ3v) is 5.49. The van der Waals surface area contributed by atoms with Crippen LogP contribution in [0.4, 0.5) is 13.2 Å². The van der Waals surface area contributed by atoms with Crippen molar-refractivity contribution in [2.75, 3.05) is 13.1 Å². The third-order valence-electron chi connectivity index (χ3n) is 5.49. The van der Waals surface area contributed by atoms with E-state index in [0.29, 0.717) is 18.9 Å². The fourth-order valence-electron chi connectivity index (χ4n) is 4.00. The van der Waals surface area contributed by atoms with Crippen LogP contribution in [0.1, 0.15) is 43.2 Å². The Labute approximate surface area is 176 Å². The minimum Gasteiger partial charge on any atom is -0.352 e. The number of carbonyl (C=O) groups is 1. The molecule has 3 N–H and O–H groups in total. The van der Waals surface area contributed by atoms with Crippen LogP contribution in [-0.2, 0) is 17.5 Å². The van der Waals surface area contributed by atoms with Gasteiger partial charge in [-0.3, -0.25) is 9.69 Å². The van der Waals surface area contributed by atoms with Crippen molar-refractivity contribution in [3.05, 3.63) is 35.4 Å². The molecule has 1 aliphatic carbocycles. The number of benzene rings is 1. The minimum absolute atomic E-state index is 0. The van der Waals surface area contributed by atoms with E-state index in [2.05, 4.69) is 10.2 Å². The number of halogens is 5. The predicted octanol–water partition coefficient (Wildman–Crippen LogP) is 3.76. The van der Waals surface area contributed by atoms with Crippen molar-refractivity contribution in [2.45, 2.75) is 56.9 Å². The van der Waals surface area contributed by atoms with Gasteiger partial charge in [-0.05, 0) is 42.9 Å². The van der Waals surface area contributed by atoms with E-state index in [1.165, 1.54) is 12.1 Å². The van der Waals surface area contributed by atoms with Gasteiger partial charge in [0, 0.05) is 38.1 Å². The number of nitrogens with zero attached hydrogens (tertiary/aromatic N) is 1. The molecule has 1 amide bonds. The number of hydrogen-bond acceptors (Lipinski definition) is 3. The van der Waals surface area contributed by atoms with Gasteiger partial charge in [0.15, 0.2) is 0 Å². The number of carbonyl (C=O) groups excluding carboxylic acids is 1. The number of likely N-dealkylation sites (tertiary alicyclic amines) is 1. The van der Waals surface area contributed by atoms with Crippen LogP contribution in [0.25, 0.3) is 0 Å². The normalized spacial score (nSPS) is 25.1. The molecule has 1 aromatic carbocycles. The predicted molar refractivity (Wildman–Crippen MR) is 108 cm³/mol. The van der Waals surface area contributed by atoms with Crippen molar-refractivity contribution >= 4 is 30.7 Å². The Morgan fingerprint density at radius 3 is 2.39 bits per heavy atom. The molecule has 9 heteroatoms. The number of amides is 1. The van der Waals surface area contributed by atoms with Crippen LogP contribution in [0.15, 0.2) is 24.3 Å². The van der Waals surface area contributed by atoms with Gasteiger partial charge >= 0.3 is 6.18 Å². The lowest BCUT2D eigenvalue weighted by Gasteiger charge is -2.19. The molecule has 2 aliphatic rings. The van der Waals surface area contributed by atoms with Crippen molar-refractivity contribution in [2.24, 2.45) is 11.7 Å². The summed E-state index contributed by atoms with van der Waals surface area (Å²) >= 11 is 0. The van der Waals surface area contributed by atoms with Crippen LogP contribution < -0.4 is 11.1 Å². The fraction of sp³-hybridized carbons (Fsp3) is 0.632. The van der Waals surface area contributed by atoms with Gasteiger partial charge in [-0.15, -0.1) is 24.8 Å². The van der Waals surface area contributed by atoms with Gasteiger partial charge in [0.25, 0.3) is 0 Å². The fourth-order valence-corrected chi connectivity index (χ4v) is 4.00. The minimum atomic E-state index is -4.30. The first kappa shape index (κ1) is 25.0. The molecular weight excluding hydrogens is 414 g/mol. The van der Waals surface area contributed by atoms with E-state index in [0.717, 1.165) is 56.5 Å². The molecule has 0 bridgehead atoms. The summed E-state index contributed by atoms with van der Waals surface area (Å²) in [7, 11) is 0. The van der Waals surface area contributed by atoms with Gasteiger partial charge in [-0.1, -0.05) is 18.6 Å². The quantitative estimate of drug-likeness (QED) is 0.731. The molecule has 1 aromatic rings. The number of hydrogen-bond donors (Lipinski definition) is 2. The van der Waals surface area contributed by atoms with Crippen molar-refractivity contribution in [1.29, 1.82) is 0 Å². The maximum atomic E-state index is 12.6. The summed E-state index contributed by atoms with van der Waals surface area (Å²) in [5, 5.41) is 3.09. The van der Waals surface area contributed by atoms with Crippen LogP contribution in [0, 0.1) is 5.92 Å². The van der Waals surface area contributed by atoms with Gasteiger partial charge in [0.2, 0.25) is 5.91 Å². The van der Waals surface area contributed by atoms with Crippen molar-refractivity contribution in [3.63, 3.8) is 0 Å². The molecule has 0 radical (unpaired) electrons. The van der Waals surface area contributed by atoms with E-state index >= 15 is 0 Å². The average Bonchev–Trinajstić information content (AvgIpc) is 3.16. The zero-order valence-electron chi connectivity index (χ0n) is 15.6. The molecular formula is C19H28Cl2F3N3O. The number of nitrogens with two attached hydrogens (primary N) is 1. The number of nitrogens with one attached hydrogen (secondary N) is 1. The standard InChI is InChI=1S/C19H26F3N3O.2ClH/c20-19(21,22)15-6-4-13(5-7-15)11-25-9-8-16(12-25)24-18(26)10-14-2-1-3-17(14)23;;/h4-7,14,16-17H,1-3,8-12,23H2,(H,24,26);2*1H/t14-,16?,17+;;/m0../s1. The summed E-state index contributed by atoms with van der Waals surface area (Å²) in [6.45, 7) is 2.15. The van der Waals surface area contributed by atoms with E-state index in [4.69, 9.17) is 5.73 Å². The van der Waals surface area contributed by atoms with E-state index in [-0.39, 0.29) is 42.8 Å². The third kappa shape index (κ3) is 6.79. The molecule has 1 saturated carbocycles. The summed E-state index contributed by atoms with van der Waals surface area (Å²) < 4.78 is 37.8. The molecule has 3 rings (SSSR count). The first-order valence-electron chi connectivity index (χ1n) is 9.24. The lowest BCUT2D eigenvalue weighted by Crippen LogP contribution is -2.39. The van der Waals surface area contributed by atoms with Gasteiger partial charge in [0.05, 0.1) is 5.56 Å². The zero-order valence-corrected chi connectivity index (χ0v) is 17.2. The smallest absolute Gasteiger partial charge is 0.352 e. The van der Waals surface area contributed by atoms with E-state index in [1.54, 1.807) is 0 Å². The van der Waals surface area contributed by atoms with E-state index in [9.17, 15) is 18.0 Å². The van der Waals surface area contributed by atoms with E-state index in [1.807, 2.05) is 0 Å². The second kappa shape index (κ2) is 10.7. The Morgan fingerprint density at radius 2 is 1.82 bits per heavy atom. The Bertz CT molecular complexity index is 628. The van der Waals surface area contributed by atoms with Crippen LogP contribution in [-0.4, -0.2) is 36.0 Å². The molecule has 3 atom stereocenters. The zero-order chi connectivity index (χ0) is 18.7. The molecule has 4 nitrogen and oxygen atoms in total. The molecule has 1 heterocycles. The Balaban J connectivity index is 0.00000196. The molecule has 1 aliphatic heterocycles. The van der Waals surface area contributed by atoms with E-state index < -0.39 is 11.7 Å². The second-order valence-corrected chi connectivity index (χ2v) is 7.54.